The maximum absolute atomic E-state index is 13.0. The van der Waals surface area contributed by atoms with Crippen LogP contribution in [0, 0.1) is 5.92 Å². The van der Waals surface area contributed by atoms with E-state index in [-0.39, 0.29) is 23.7 Å². The van der Waals surface area contributed by atoms with Crippen LogP contribution in [0.4, 0.5) is 4.79 Å². The molecule has 3 amide bonds. The highest BCUT2D eigenvalue weighted by Gasteiger charge is 2.50. The van der Waals surface area contributed by atoms with E-state index >= 15 is 0 Å². The van der Waals surface area contributed by atoms with Gasteiger partial charge in [0.15, 0.2) is 0 Å². The molecule has 18 heteroatoms. The lowest BCUT2D eigenvalue weighted by Gasteiger charge is -2.44. The monoisotopic (exact) mass is 659 g/mol. The second-order valence-electron chi connectivity index (χ2n) is 10.3. The van der Waals surface area contributed by atoms with Crippen LogP contribution in [0.2, 0.25) is 0 Å². The molecule has 45 heavy (non-hydrogen) atoms. The van der Waals surface area contributed by atoms with Gasteiger partial charge in [0, 0.05) is 12.3 Å². The van der Waals surface area contributed by atoms with Gasteiger partial charge in [-0.2, -0.15) is 0 Å². The van der Waals surface area contributed by atoms with Crippen molar-refractivity contribution in [3.63, 3.8) is 0 Å². The normalized spacial score (nSPS) is 24.3. The Labute approximate surface area is 258 Å². The summed E-state index contributed by atoms with van der Waals surface area (Å²) >= 11 is 0. The SMILES string of the molecule is COC(=O)CCC(NC(=O)[C@@H](C)O[C@H]1[C@H](O)[C@@H](CO)OC(OC(=O)NS(=O)(=O)c2ccccc2)[C@@H]1NC(=O)C1CC1)C(=O)OC. The lowest BCUT2D eigenvalue weighted by molar-refractivity contribution is -0.264. The molecule has 1 aliphatic heterocycles. The third kappa shape index (κ3) is 9.82. The van der Waals surface area contributed by atoms with Crippen LogP contribution in [0.25, 0.3) is 0 Å². The van der Waals surface area contributed by atoms with Crippen molar-refractivity contribution >= 4 is 39.9 Å². The smallest absolute Gasteiger partial charge is 0.423 e. The van der Waals surface area contributed by atoms with E-state index in [1.807, 2.05) is 0 Å². The Hall–Kier alpha value is -3.84. The number of hydrogen-bond acceptors (Lipinski definition) is 14. The van der Waals surface area contributed by atoms with E-state index in [0.717, 1.165) is 14.2 Å². The van der Waals surface area contributed by atoms with Gasteiger partial charge in [0.25, 0.3) is 10.0 Å². The highest BCUT2D eigenvalue weighted by molar-refractivity contribution is 7.90. The Morgan fingerprint density at radius 3 is 2.31 bits per heavy atom. The lowest BCUT2D eigenvalue weighted by atomic mass is 9.96. The summed E-state index contributed by atoms with van der Waals surface area (Å²) < 4.78 is 52.8. The van der Waals surface area contributed by atoms with E-state index in [0.29, 0.717) is 12.8 Å². The van der Waals surface area contributed by atoms with Crippen molar-refractivity contribution in [3.8, 4) is 0 Å². The largest absolute Gasteiger partial charge is 0.469 e. The molecule has 2 aliphatic rings. The van der Waals surface area contributed by atoms with Crippen molar-refractivity contribution in [2.75, 3.05) is 20.8 Å². The second kappa shape index (κ2) is 15.9. The van der Waals surface area contributed by atoms with E-state index in [1.165, 1.54) is 31.2 Å². The number of carbonyl (C=O) groups is 5. The van der Waals surface area contributed by atoms with Gasteiger partial charge < -0.3 is 44.5 Å². The van der Waals surface area contributed by atoms with Crippen molar-refractivity contribution in [2.24, 2.45) is 5.92 Å². The first-order valence-electron chi connectivity index (χ1n) is 13.9. The Balaban J connectivity index is 1.81. The van der Waals surface area contributed by atoms with Gasteiger partial charge in [-0.15, -0.1) is 0 Å². The minimum Gasteiger partial charge on any atom is -0.469 e. The number of aliphatic hydroxyl groups excluding tert-OH is 2. The molecule has 250 valence electrons. The molecular formula is C27H37N3O14S. The van der Waals surface area contributed by atoms with Crippen molar-refractivity contribution in [1.29, 1.82) is 0 Å². The molecule has 1 aliphatic carbocycles. The maximum Gasteiger partial charge on any atom is 0.423 e. The van der Waals surface area contributed by atoms with E-state index in [9.17, 15) is 42.6 Å². The number of benzene rings is 1. The van der Waals surface area contributed by atoms with E-state index in [4.69, 9.17) is 14.2 Å². The standard InChI is InChI=1S/C27H37N3O14S/c1-14(23(34)28-17(25(36)41-3)11-12-19(32)40-2)42-22-20(29-24(35)15-9-10-15)26(43-18(13-31)21(22)33)44-27(37)30-45(38,39)16-7-5-4-6-8-16/h4-8,14-15,17-18,20-22,26,31,33H,9-13H2,1-3H3,(H,28,34)(H,29,35)(H,30,37)/t14-,17?,18-,20-,21-,22-,26?/m1/s1. The number of nitrogens with one attached hydrogen (secondary N) is 3. The number of rotatable bonds is 14. The van der Waals surface area contributed by atoms with Gasteiger partial charge in [-0.05, 0) is 38.3 Å². The molecule has 0 radical (unpaired) electrons. The van der Waals surface area contributed by atoms with Gasteiger partial charge in [-0.25, -0.2) is 22.7 Å². The molecule has 1 saturated carbocycles. The number of aliphatic hydroxyl groups is 2. The summed E-state index contributed by atoms with van der Waals surface area (Å²) in [5, 5.41) is 25.8. The summed E-state index contributed by atoms with van der Waals surface area (Å²) in [6, 6.07) is 4.15. The average Bonchev–Trinajstić information content (AvgIpc) is 3.87. The van der Waals surface area contributed by atoms with Crippen LogP contribution in [0.15, 0.2) is 35.2 Å². The number of methoxy groups -OCH3 is 2. The molecule has 2 fully saturated rings. The summed E-state index contributed by atoms with van der Waals surface area (Å²) in [6.45, 7) is 0.432. The highest BCUT2D eigenvalue weighted by Crippen LogP contribution is 2.31. The predicted octanol–water partition coefficient (Wildman–Crippen LogP) is -1.54. The molecule has 5 N–H and O–H groups in total. The Kier molecular flexibility index (Phi) is 12.6. The third-order valence-corrected chi connectivity index (χ3v) is 8.33. The van der Waals surface area contributed by atoms with Gasteiger partial charge in [-0.1, -0.05) is 18.2 Å². The Bertz CT molecular complexity index is 1320. The second-order valence-corrected chi connectivity index (χ2v) is 12.0. The highest BCUT2D eigenvalue weighted by atomic mass is 32.2. The first-order valence-corrected chi connectivity index (χ1v) is 15.4. The Morgan fingerprint density at radius 1 is 1.07 bits per heavy atom. The summed E-state index contributed by atoms with van der Waals surface area (Å²) in [7, 11) is -2.14. The van der Waals surface area contributed by atoms with Crippen LogP contribution in [-0.2, 0) is 52.9 Å². The molecule has 1 saturated heterocycles. The van der Waals surface area contributed by atoms with Crippen molar-refractivity contribution in [2.45, 2.75) is 80.3 Å². The minimum absolute atomic E-state index is 0.165. The summed E-state index contributed by atoms with van der Waals surface area (Å²) in [5.41, 5.74) is 0. The summed E-state index contributed by atoms with van der Waals surface area (Å²) in [5.74, 6) is -3.27. The number of sulfonamides is 1. The minimum atomic E-state index is -4.38. The van der Waals surface area contributed by atoms with Gasteiger partial charge in [0.1, 0.15) is 36.5 Å². The summed E-state index contributed by atoms with van der Waals surface area (Å²) in [4.78, 5) is 62.1. The molecule has 1 aromatic carbocycles. The average molecular weight is 660 g/mol. The maximum atomic E-state index is 13.0. The van der Waals surface area contributed by atoms with Crippen molar-refractivity contribution in [1.82, 2.24) is 15.4 Å². The number of hydrogen-bond donors (Lipinski definition) is 5. The van der Waals surface area contributed by atoms with Crippen molar-refractivity contribution in [3.05, 3.63) is 30.3 Å². The zero-order valence-electron chi connectivity index (χ0n) is 24.7. The van der Waals surface area contributed by atoms with Gasteiger partial charge >= 0.3 is 18.0 Å². The van der Waals surface area contributed by atoms with Crippen LogP contribution in [0.5, 0.6) is 0 Å². The van der Waals surface area contributed by atoms with Gasteiger partial charge in [0.2, 0.25) is 18.1 Å². The molecule has 1 heterocycles. The molecule has 1 aromatic rings. The molecular weight excluding hydrogens is 622 g/mol. The fraction of sp³-hybridized carbons (Fsp3) is 0.593. The van der Waals surface area contributed by atoms with Crippen LogP contribution < -0.4 is 15.4 Å². The molecule has 0 aromatic heterocycles. The number of ether oxygens (including phenoxy) is 5. The van der Waals surface area contributed by atoms with E-state index < -0.39 is 89.3 Å². The predicted molar refractivity (Wildman–Crippen MR) is 149 cm³/mol. The first-order chi connectivity index (χ1) is 21.3. The van der Waals surface area contributed by atoms with Crippen LogP contribution in [-0.4, -0.2) is 112 Å². The quantitative estimate of drug-likeness (QED) is 0.112. The fourth-order valence-corrected chi connectivity index (χ4v) is 5.25. The van der Waals surface area contributed by atoms with E-state index in [1.54, 1.807) is 10.8 Å². The lowest BCUT2D eigenvalue weighted by Crippen LogP contribution is -2.67. The molecule has 0 bridgehead atoms. The third-order valence-electron chi connectivity index (χ3n) is 7.00. The van der Waals surface area contributed by atoms with E-state index in [2.05, 4.69) is 20.1 Å². The summed E-state index contributed by atoms with van der Waals surface area (Å²) in [6.07, 6.45) is -8.73. The first kappa shape index (κ1) is 35.6. The van der Waals surface area contributed by atoms with Gasteiger partial charge in [0.05, 0.1) is 25.7 Å². The Morgan fingerprint density at radius 2 is 1.73 bits per heavy atom. The topological polar surface area (TPSA) is 242 Å². The fourth-order valence-electron chi connectivity index (χ4n) is 4.35. The van der Waals surface area contributed by atoms with Crippen LogP contribution >= 0.6 is 0 Å². The molecule has 0 spiro atoms. The molecule has 17 nitrogen and oxygen atoms in total. The number of amides is 3. The van der Waals surface area contributed by atoms with Crippen LogP contribution in [0.3, 0.4) is 0 Å². The number of esters is 2. The molecule has 7 atom stereocenters. The van der Waals surface area contributed by atoms with Gasteiger partial charge in [-0.3, -0.25) is 14.4 Å². The zero-order valence-corrected chi connectivity index (χ0v) is 25.6. The molecule has 3 rings (SSSR count). The zero-order chi connectivity index (χ0) is 33.3. The van der Waals surface area contributed by atoms with Crippen molar-refractivity contribution < 1.29 is 66.3 Å². The molecule has 2 unspecified atom stereocenters. The number of carbonyl (C=O) groups excluding carboxylic acids is 5. The van der Waals surface area contributed by atoms with Crippen LogP contribution in [0.1, 0.15) is 32.6 Å².